The lowest BCUT2D eigenvalue weighted by atomic mass is 9.93. The molecule has 11 heteroatoms. The summed E-state index contributed by atoms with van der Waals surface area (Å²) in [5, 5.41) is 13.4. The van der Waals surface area contributed by atoms with E-state index in [9.17, 15) is 31.9 Å². The van der Waals surface area contributed by atoms with Gasteiger partial charge in [0.15, 0.2) is 0 Å². The number of nitrogens with one attached hydrogen (secondary N) is 2. The molecule has 0 spiro atoms. The van der Waals surface area contributed by atoms with Gasteiger partial charge in [0, 0.05) is 16.9 Å². The van der Waals surface area contributed by atoms with E-state index in [0.717, 1.165) is 43.4 Å². The minimum absolute atomic E-state index is 0.0142. The number of carboxylic acids is 1. The van der Waals surface area contributed by atoms with Gasteiger partial charge >= 0.3 is 18.2 Å². The van der Waals surface area contributed by atoms with Crippen LogP contribution in [0.3, 0.4) is 0 Å². The number of rotatable bonds is 9. The fraction of sp³-hybridized carbons (Fsp3) is 0.258. The van der Waals surface area contributed by atoms with Crippen molar-refractivity contribution in [2.75, 3.05) is 16.8 Å². The minimum atomic E-state index is -4.57. The number of benzene rings is 3. The van der Waals surface area contributed by atoms with E-state index >= 15 is 0 Å². The average Bonchev–Trinajstić information content (AvgIpc) is 2.99. The summed E-state index contributed by atoms with van der Waals surface area (Å²) in [6, 6.07) is 17.1. The molecule has 0 bridgehead atoms. The zero-order valence-corrected chi connectivity index (χ0v) is 22.5. The zero-order valence-electron chi connectivity index (χ0n) is 22.5. The Morgan fingerprint density at radius 3 is 2.29 bits per heavy atom. The van der Waals surface area contributed by atoms with Gasteiger partial charge in [-0.15, -0.1) is 0 Å². The van der Waals surface area contributed by atoms with Gasteiger partial charge in [0.05, 0.1) is 18.7 Å². The van der Waals surface area contributed by atoms with Gasteiger partial charge in [-0.1, -0.05) is 36.4 Å². The fourth-order valence-electron chi connectivity index (χ4n) is 4.52. The van der Waals surface area contributed by atoms with Crippen LogP contribution in [0.5, 0.6) is 0 Å². The highest BCUT2D eigenvalue weighted by atomic mass is 19.4. The minimum Gasteiger partial charge on any atom is -0.479 e. The zero-order chi connectivity index (χ0) is 30.3. The average molecular weight is 584 g/mol. The van der Waals surface area contributed by atoms with Crippen LogP contribution in [0.1, 0.15) is 52.7 Å². The van der Waals surface area contributed by atoms with E-state index in [0.29, 0.717) is 11.3 Å². The van der Waals surface area contributed by atoms with E-state index in [-0.39, 0.29) is 17.8 Å². The van der Waals surface area contributed by atoms with Gasteiger partial charge in [-0.25, -0.2) is 14.0 Å². The lowest BCUT2D eigenvalue weighted by molar-refractivity contribution is -0.142. The summed E-state index contributed by atoms with van der Waals surface area (Å²) in [5.41, 5.74) is 2.59. The number of nitrogens with zero attached hydrogens (tertiary/aromatic N) is 1. The standard InChI is InChI=1S/C31H29F4N3O4/c32-27(29(40)41)18-36-28(39)23-11-9-20(10-12-23)19-38(26-15-13-22(14-16-26)21-5-2-1-3-6-21)30(42)37-25-8-4-7-24(17-25)31(33,34)35/h4-5,7-17,27H,1-3,6,18-19H2,(H,36,39)(H,37,42)(H,40,41). The molecule has 4 rings (SSSR count). The Morgan fingerprint density at radius 2 is 1.67 bits per heavy atom. The molecule has 1 unspecified atom stereocenters. The highest BCUT2D eigenvalue weighted by Crippen LogP contribution is 2.32. The Bertz CT molecular complexity index is 1450. The van der Waals surface area contributed by atoms with Crippen LogP contribution in [0, 0.1) is 0 Å². The highest BCUT2D eigenvalue weighted by Gasteiger charge is 2.30. The Hall–Kier alpha value is -4.67. The van der Waals surface area contributed by atoms with E-state index in [4.69, 9.17) is 5.11 Å². The summed E-state index contributed by atoms with van der Waals surface area (Å²) in [7, 11) is 0. The van der Waals surface area contributed by atoms with Crippen molar-refractivity contribution < 1.29 is 37.1 Å². The number of hydrogen-bond acceptors (Lipinski definition) is 3. The van der Waals surface area contributed by atoms with Crippen molar-refractivity contribution in [1.82, 2.24) is 5.32 Å². The van der Waals surface area contributed by atoms with Crippen molar-refractivity contribution in [3.63, 3.8) is 0 Å². The summed E-state index contributed by atoms with van der Waals surface area (Å²) >= 11 is 0. The van der Waals surface area contributed by atoms with Crippen molar-refractivity contribution in [3.05, 3.63) is 101 Å². The third-order valence-electron chi connectivity index (χ3n) is 6.79. The van der Waals surface area contributed by atoms with Crippen molar-refractivity contribution in [3.8, 4) is 0 Å². The van der Waals surface area contributed by atoms with Gasteiger partial charge < -0.3 is 15.7 Å². The predicted molar refractivity (Wildman–Crippen MR) is 151 cm³/mol. The van der Waals surface area contributed by atoms with Crippen molar-refractivity contribution in [2.24, 2.45) is 0 Å². The summed E-state index contributed by atoms with van der Waals surface area (Å²) < 4.78 is 53.0. The SMILES string of the molecule is O=C(NCC(F)C(=O)O)c1ccc(CN(C(=O)Nc2cccc(C(F)(F)F)c2)c2ccc(C3=CCCCC3)cc2)cc1. The number of aliphatic carboxylic acids is 1. The van der Waals surface area contributed by atoms with Crippen molar-refractivity contribution in [1.29, 1.82) is 0 Å². The number of urea groups is 1. The fourth-order valence-corrected chi connectivity index (χ4v) is 4.52. The van der Waals surface area contributed by atoms with E-state index in [2.05, 4.69) is 16.7 Å². The summed E-state index contributed by atoms with van der Waals surface area (Å²) in [6.07, 6.45) is -0.407. The van der Waals surface area contributed by atoms with E-state index < -0.39 is 42.4 Å². The number of anilines is 2. The maximum absolute atomic E-state index is 13.4. The van der Waals surface area contributed by atoms with Crippen molar-refractivity contribution in [2.45, 2.75) is 44.6 Å². The molecule has 7 nitrogen and oxygen atoms in total. The topological polar surface area (TPSA) is 98.7 Å². The molecule has 0 radical (unpaired) electrons. The number of hydrogen-bond donors (Lipinski definition) is 3. The second-order valence-corrected chi connectivity index (χ2v) is 9.83. The maximum Gasteiger partial charge on any atom is 0.416 e. The Kier molecular flexibility index (Phi) is 9.61. The summed E-state index contributed by atoms with van der Waals surface area (Å²) in [5.74, 6) is -2.35. The van der Waals surface area contributed by atoms with E-state index in [1.807, 2.05) is 12.1 Å². The summed E-state index contributed by atoms with van der Waals surface area (Å²) in [6.45, 7) is -0.674. The summed E-state index contributed by atoms with van der Waals surface area (Å²) in [4.78, 5) is 37.7. The molecule has 1 aliphatic carbocycles. The molecule has 3 amide bonds. The van der Waals surface area contributed by atoms with E-state index in [1.54, 1.807) is 24.3 Å². The number of amides is 3. The first kappa shape index (κ1) is 30.3. The molecule has 0 aliphatic heterocycles. The number of carbonyl (C=O) groups excluding carboxylic acids is 2. The molecule has 0 saturated heterocycles. The molecule has 42 heavy (non-hydrogen) atoms. The normalized spacial score (nSPS) is 14.0. The van der Waals surface area contributed by atoms with Crippen molar-refractivity contribution >= 4 is 34.9 Å². The number of halogens is 4. The van der Waals surface area contributed by atoms with Gasteiger partial charge in [-0.3, -0.25) is 9.69 Å². The van der Waals surface area contributed by atoms with Crippen LogP contribution in [0.2, 0.25) is 0 Å². The van der Waals surface area contributed by atoms with Gasteiger partial charge in [0.1, 0.15) is 0 Å². The lowest BCUT2D eigenvalue weighted by Crippen LogP contribution is -2.35. The molecule has 220 valence electrons. The van der Waals surface area contributed by atoms with Crippen LogP contribution in [-0.2, 0) is 17.5 Å². The Labute approximate surface area is 239 Å². The second kappa shape index (κ2) is 13.3. The van der Waals surface area contributed by atoms with Crippen LogP contribution >= 0.6 is 0 Å². The molecule has 1 aliphatic rings. The maximum atomic E-state index is 13.4. The Morgan fingerprint density at radius 1 is 0.952 bits per heavy atom. The second-order valence-electron chi connectivity index (χ2n) is 9.83. The first-order valence-electron chi connectivity index (χ1n) is 13.3. The number of carboxylic acid groups (broad SMARTS) is 1. The van der Waals surface area contributed by atoms with Crippen LogP contribution in [0.4, 0.5) is 33.7 Å². The van der Waals surface area contributed by atoms with Gasteiger partial charge in [-0.2, -0.15) is 13.2 Å². The molecule has 0 heterocycles. The monoisotopic (exact) mass is 583 g/mol. The molecule has 1 atom stereocenters. The van der Waals surface area contributed by atoms with Crippen LogP contribution < -0.4 is 15.5 Å². The molecule has 3 N–H and O–H groups in total. The first-order valence-corrected chi connectivity index (χ1v) is 13.3. The molecule has 0 saturated carbocycles. The van der Waals surface area contributed by atoms with Crippen LogP contribution in [0.15, 0.2) is 78.9 Å². The van der Waals surface area contributed by atoms with E-state index in [1.165, 1.54) is 34.7 Å². The molecule has 3 aromatic rings. The number of allylic oxidation sites excluding steroid dienone is 2. The number of carbonyl (C=O) groups is 3. The Balaban J connectivity index is 1.55. The third kappa shape index (κ3) is 7.96. The quantitative estimate of drug-likeness (QED) is 0.235. The highest BCUT2D eigenvalue weighted by molar-refractivity contribution is 6.02. The van der Waals surface area contributed by atoms with Gasteiger partial charge in [-0.05, 0) is 84.8 Å². The molecular formula is C31H29F4N3O4. The van der Waals surface area contributed by atoms with Crippen LogP contribution in [0.25, 0.3) is 5.57 Å². The first-order chi connectivity index (χ1) is 20.0. The smallest absolute Gasteiger partial charge is 0.416 e. The molecule has 0 aromatic heterocycles. The molecule has 0 fully saturated rings. The predicted octanol–water partition coefficient (Wildman–Crippen LogP) is 7.05. The largest absolute Gasteiger partial charge is 0.479 e. The molecular weight excluding hydrogens is 554 g/mol. The van der Waals surface area contributed by atoms with Gasteiger partial charge in [0.25, 0.3) is 5.91 Å². The lowest BCUT2D eigenvalue weighted by Gasteiger charge is -2.24. The third-order valence-corrected chi connectivity index (χ3v) is 6.79. The number of alkyl halides is 4. The van der Waals surface area contributed by atoms with Gasteiger partial charge in [0.2, 0.25) is 6.17 Å². The molecule has 3 aromatic carbocycles. The van der Waals surface area contributed by atoms with Crippen LogP contribution in [-0.4, -0.2) is 35.7 Å².